The zero-order valence-corrected chi connectivity index (χ0v) is 12.8. The van der Waals surface area contributed by atoms with Crippen molar-refractivity contribution in [1.29, 1.82) is 0 Å². The van der Waals surface area contributed by atoms with E-state index in [1.165, 1.54) is 0 Å². The van der Waals surface area contributed by atoms with Gasteiger partial charge in [0, 0.05) is 5.02 Å². The van der Waals surface area contributed by atoms with Gasteiger partial charge in [-0.05, 0) is 29.8 Å². The van der Waals surface area contributed by atoms with Crippen LogP contribution >= 0.6 is 11.6 Å². The molecule has 2 aromatic carbocycles. The van der Waals surface area contributed by atoms with Gasteiger partial charge in [0.25, 0.3) is 5.56 Å². The number of hydrogen-bond acceptors (Lipinski definition) is 2. The highest BCUT2D eigenvalue weighted by molar-refractivity contribution is 6.30. The minimum atomic E-state index is -0.0273. The first-order valence-electron chi connectivity index (χ1n) is 6.93. The van der Waals surface area contributed by atoms with Gasteiger partial charge >= 0.3 is 0 Å². The van der Waals surface area contributed by atoms with Crippen molar-refractivity contribution < 1.29 is 0 Å². The van der Waals surface area contributed by atoms with Gasteiger partial charge in [-0.3, -0.25) is 9.36 Å². The van der Waals surface area contributed by atoms with Gasteiger partial charge in [0.1, 0.15) is 0 Å². The third-order valence-electron chi connectivity index (χ3n) is 3.00. The van der Waals surface area contributed by atoms with Crippen molar-refractivity contribution in [1.82, 2.24) is 9.55 Å². The lowest BCUT2D eigenvalue weighted by molar-refractivity contribution is 0.748. The van der Waals surface area contributed by atoms with E-state index in [4.69, 9.17) is 11.6 Å². The van der Waals surface area contributed by atoms with Crippen LogP contribution < -0.4 is 5.56 Å². The van der Waals surface area contributed by atoms with Crippen molar-refractivity contribution in [3.05, 3.63) is 75.8 Å². The highest BCUT2D eigenvalue weighted by atomic mass is 35.5. The molecule has 0 aliphatic carbocycles. The second kappa shape index (κ2) is 7.04. The molecule has 108 valence electrons. The van der Waals surface area contributed by atoms with Gasteiger partial charge in [-0.25, -0.2) is 4.98 Å². The van der Waals surface area contributed by atoms with E-state index in [-0.39, 0.29) is 5.56 Å². The van der Waals surface area contributed by atoms with E-state index < -0.39 is 0 Å². The van der Waals surface area contributed by atoms with E-state index in [2.05, 4.69) is 4.98 Å². The second-order valence-electron chi connectivity index (χ2n) is 4.32. The molecule has 4 heteroatoms. The monoisotopic (exact) mass is 300 g/mol. The first-order chi connectivity index (χ1) is 10.2. The number of para-hydroxylation sites is 1. The topological polar surface area (TPSA) is 34.9 Å². The molecule has 3 aromatic rings. The Morgan fingerprint density at radius 3 is 2.43 bits per heavy atom. The molecule has 0 atom stereocenters. The summed E-state index contributed by atoms with van der Waals surface area (Å²) >= 11 is 5.84. The highest BCUT2D eigenvalue weighted by Gasteiger charge is 2.03. The van der Waals surface area contributed by atoms with Gasteiger partial charge in [0.15, 0.2) is 0 Å². The molecule has 1 heterocycles. The Hall–Kier alpha value is -2.13. The fourth-order valence-corrected chi connectivity index (χ4v) is 2.13. The molecule has 0 spiro atoms. The quantitative estimate of drug-likeness (QED) is 0.713. The first-order valence-corrected chi connectivity index (χ1v) is 7.30. The van der Waals surface area contributed by atoms with Crippen LogP contribution in [0.4, 0.5) is 0 Å². The normalized spacial score (nSPS) is 10.0. The van der Waals surface area contributed by atoms with E-state index in [1.54, 1.807) is 17.0 Å². The van der Waals surface area contributed by atoms with Crippen LogP contribution in [0.1, 0.15) is 19.4 Å². The van der Waals surface area contributed by atoms with Crippen LogP contribution in [0.25, 0.3) is 10.9 Å². The van der Waals surface area contributed by atoms with E-state index in [0.29, 0.717) is 17.0 Å². The van der Waals surface area contributed by atoms with E-state index in [0.717, 1.165) is 11.1 Å². The fourth-order valence-electron chi connectivity index (χ4n) is 2.01. The molecule has 0 bridgehead atoms. The zero-order valence-electron chi connectivity index (χ0n) is 12.1. The summed E-state index contributed by atoms with van der Waals surface area (Å²) in [5.74, 6) is 0. The molecule has 0 radical (unpaired) electrons. The lowest BCUT2D eigenvalue weighted by Crippen LogP contribution is -2.21. The second-order valence-corrected chi connectivity index (χ2v) is 4.76. The smallest absolute Gasteiger partial charge is 0.261 e. The van der Waals surface area contributed by atoms with Crippen molar-refractivity contribution in [2.24, 2.45) is 0 Å². The number of nitrogens with zero attached hydrogens (tertiary/aromatic N) is 2. The van der Waals surface area contributed by atoms with Crippen molar-refractivity contribution in [3.8, 4) is 0 Å². The molecule has 21 heavy (non-hydrogen) atoms. The standard InChI is InChI=1S/C15H11ClN2O.C2H6/c16-12-7-5-11(6-8-12)9-18-10-17-14-4-2-1-3-13(14)15(18)19;1-2/h1-8,10H,9H2;1-2H3. The summed E-state index contributed by atoms with van der Waals surface area (Å²) in [5, 5.41) is 1.33. The SMILES string of the molecule is CC.O=c1c2ccccc2ncn1Cc1ccc(Cl)cc1. The van der Waals surface area contributed by atoms with Crippen LogP contribution in [-0.4, -0.2) is 9.55 Å². The number of halogens is 1. The third kappa shape index (κ3) is 3.50. The Kier molecular flexibility index (Phi) is 5.12. The van der Waals surface area contributed by atoms with E-state index in [1.807, 2.05) is 56.3 Å². The minimum Gasteiger partial charge on any atom is -0.294 e. The first kappa shape index (κ1) is 15.3. The van der Waals surface area contributed by atoms with Gasteiger partial charge < -0.3 is 0 Å². The summed E-state index contributed by atoms with van der Waals surface area (Å²) in [6, 6.07) is 14.8. The Labute approximate surface area is 128 Å². The summed E-state index contributed by atoms with van der Waals surface area (Å²) in [6.45, 7) is 4.49. The van der Waals surface area contributed by atoms with Gasteiger partial charge in [-0.1, -0.05) is 49.7 Å². The van der Waals surface area contributed by atoms with Crippen LogP contribution in [0.15, 0.2) is 59.7 Å². The summed E-state index contributed by atoms with van der Waals surface area (Å²) in [5.41, 5.74) is 1.71. The molecule has 0 saturated carbocycles. The molecular weight excluding hydrogens is 284 g/mol. The Morgan fingerprint density at radius 1 is 1.05 bits per heavy atom. The molecule has 0 saturated heterocycles. The average Bonchev–Trinajstić information content (AvgIpc) is 2.54. The maximum atomic E-state index is 12.3. The largest absolute Gasteiger partial charge is 0.294 e. The van der Waals surface area contributed by atoms with Crippen LogP contribution in [0.5, 0.6) is 0 Å². The van der Waals surface area contributed by atoms with Crippen LogP contribution in [0, 0.1) is 0 Å². The van der Waals surface area contributed by atoms with Gasteiger partial charge in [0.2, 0.25) is 0 Å². The summed E-state index contributed by atoms with van der Waals surface area (Å²) in [6.07, 6.45) is 1.58. The Balaban J connectivity index is 0.000000774. The molecule has 0 fully saturated rings. The lowest BCUT2D eigenvalue weighted by atomic mass is 10.2. The van der Waals surface area contributed by atoms with E-state index >= 15 is 0 Å². The minimum absolute atomic E-state index is 0.0273. The van der Waals surface area contributed by atoms with Crippen molar-refractivity contribution >= 4 is 22.5 Å². The van der Waals surface area contributed by atoms with Crippen molar-refractivity contribution in [2.75, 3.05) is 0 Å². The number of hydrogen-bond donors (Lipinski definition) is 0. The number of rotatable bonds is 2. The fraction of sp³-hybridized carbons (Fsp3) is 0.176. The summed E-state index contributed by atoms with van der Waals surface area (Å²) < 4.78 is 1.60. The highest BCUT2D eigenvalue weighted by Crippen LogP contribution is 2.11. The summed E-state index contributed by atoms with van der Waals surface area (Å²) in [7, 11) is 0. The van der Waals surface area contributed by atoms with Gasteiger partial charge in [-0.2, -0.15) is 0 Å². The van der Waals surface area contributed by atoms with Crippen LogP contribution in [0.3, 0.4) is 0 Å². The van der Waals surface area contributed by atoms with E-state index in [9.17, 15) is 4.79 Å². The molecule has 0 aliphatic heterocycles. The number of benzene rings is 2. The van der Waals surface area contributed by atoms with Crippen LogP contribution in [0.2, 0.25) is 5.02 Å². The average molecular weight is 301 g/mol. The Morgan fingerprint density at radius 2 is 1.71 bits per heavy atom. The number of fused-ring (bicyclic) bond motifs is 1. The number of aromatic nitrogens is 2. The predicted octanol–water partition coefficient (Wildman–Crippen LogP) is 4.12. The third-order valence-corrected chi connectivity index (χ3v) is 3.25. The molecule has 0 aliphatic rings. The molecule has 0 amide bonds. The summed E-state index contributed by atoms with van der Waals surface area (Å²) in [4.78, 5) is 16.6. The van der Waals surface area contributed by atoms with Gasteiger partial charge in [-0.15, -0.1) is 0 Å². The Bertz CT molecular complexity index is 779. The maximum absolute atomic E-state index is 12.3. The van der Waals surface area contributed by atoms with Crippen molar-refractivity contribution in [2.45, 2.75) is 20.4 Å². The molecule has 1 aromatic heterocycles. The van der Waals surface area contributed by atoms with Gasteiger partial charge in [0.05, 0.1) is 23.8 Å². The van der Waals surface area contributed by atoms with Crippen molar-refractivity contribution in [3.63, 3.8) is 0 Å². The lowest BCUT2D eigenvalue weighted by Gasteiger charge is -2.06. The molecule has 0 N–H and O–H groups in total. The molecular formula is C17H17ClN2O. The molecule has 0 unspecified atom stereocenters. The predicted molar refractivity (Wildman–Crippen MR) is 87.9 cm³/mol. The molecule has 3 rings (SSSR count). The molecule has 3 nitrogen and oxygen atoms in total. The maximum Gasteiger partial charge on any atom is 0.261 e. The zero-order chi connectivity index (χ0) is 15.2. The van der Waals surface area contributed by atoms with Crippen LogP contribution in [-0.2, 0) is 6.54 Å².